The van der Waals surface area contributed by atoms with Gasteiger partial charge in [0.25, 0.3) is 0 Å². The Balaban J connectivity index is 2.76. The van der Waals surface area contributed by atoms with Crippen LogP contribution in [0.4, 0.5) is 0 Å². The van der Waals surface area contributed by atoms with Crippen LogP contribution < -0.4 is 5.73 Å². The van der Waals surface area contributed by atoms with Crippen LogP contribution in [0.1, 0.15) is 24.9 Å². The van der Waals surface area contributed by atoms with Crippen LogP contribution >= 0.6 is 33.9 Å². The van der Waals surface area contributed by atoms with E-state index in [0.29, 0.717) is 5.92 Å². The normalized spacial score (nSPS) is 13.9. The number of thiazole rings is 1. The van der Waals surface area contributed by atoms with Crippen LogP contribution in [0.15, 0.2) is 6.20 Å². The lowest BCUT2D eigenvalue weighted by molar-refractivity contribution is 0.512. The summed E-state index contributed by atoms with van der Waals surface area (Å²) >= 11 is 3.93. The molecule has 0 aliphatic carbocycles. The predicted molar refractivity (Wildman–Crippen MR) is 56.6 cm³/mol. The average molecular weight is 282 g/mol. The fraction of sp³-hybridized carbons (Fsp3) is 0.571. The number of hydrogen-bond donors (Lipinski definition) is 1. The first-order valence-electron chi connectivity index (χ1n) is 3.48. The molecule has 0 saturated heterocycles. The van der Waals surface area contributed by atoms with Gasteiger partial charge in [-0.1, -0.05) is 13.8 Å². The van der Waals surface area contributed by atoms with Gasteiger partial charge in [-0.2, -0.15) is 0 Å². The van der Waals surface area contributed by atoms with Gasteiger partial charge in [-0.05, 0) is 28.5 Å². The summed E-state index contributed by atoms with van der Waals surface area (Å²) in [6.07, 6.45) is 1.86. The molecular weight excluding hydrogens is 271 g/mol. The fourth-order valence-corrected chi connectivity index (χ4v) is 2.34. The van der Waals surface area contributed by atoms with Gasteiger partial charge in [-0.25, -0.2) is 4.98 Å². The molecule has 1 unspecified atom stereocenters. The van der Waals surface area contributed by atoms with Crippen molar-refractivity contribution < 1.29 is 0 Å². The molecule has 0 bridgehead atoms. The van der Waals surface area contributed by atoms with E-state index >= 15 is 0 Å². The average Bonchev–Trinajstić information content (AvgIpc) is 2.34. The Bertz CT molecular complexity index is 234. The third kappa shape index (κ3) is 2.38. The Labute approximate surface area is 84.4 Å². The van der Waals surface area contributed by atoms with Crippen LogP contribution in [-0.4, -0.2) is 4.98 Å². The maximum absolute atomic E-state index is 5.90. The lowest BCUT2D eigenvalue weighted by atomic mass is 10.1. The highest BCUT2D eigenvalue weighted by atomic mass is 127. The zero-order valence-electron chi connectivity index (χ0n) is 6.54. The molecule has 0 saturated carbocycles. The molecule has 1 heterocycles. The summed E-state index contributed by atoms with van der Waals surface area (Å²) in [6, 6.07) is 0.100. The number of nitrogens with zero attached hydrogens (tertiary/aromatic N) is 1. The first-order chi connectivity index (χ1) is 5.11. The molecule has 1 aromatic heterocycles. The van der Waals surface area contributed by atoms with Gasteiger partial charge in [-0.3, -0.25) is 0 Å². The van der Waals surface area contributed by atoms with Crippen molar-refractivity contribution in [2.45, 2.75) is 19.9 Å². The quantitative estimate of drug-likeness (QED) is 0.846. The van der Waals surface area contributed by atoms with Gasteiger partial charge >= 0.3 is 0 Å². The van der Waals surface area contributed by atoms with Crippen LogP contribution in [0.3, 0.4) is 0 Å². The van der Waals surface area contributed by atoms with Crippen LogP contribution in [-0.2, 0) is 0 Å². The van der Waals surface area contributed by atoms with E-state index in [2.05, 4.69) is 41.4 Å². The third-order valence-corrected chi connectivity index (χ3v) is 3.33. The molecule has 0 fully saturated rings. The van der Waals surface area contributed by atoms with Crippen molar-refractivity contribution in [1.29, 1.82) is 0 Å². The topological polar surface area (TPSA) is 38.9 Å². The van der Waals surface area contributed by atoms with Crippen molar-refractivity contribution in [2.75, 3.05) is 0 Å². The second-order valence-corrected chi connectivity index (χ2v) is 5.73. The van der Waals surface area contributed by atoms with Crippen molar-refractivity contribution in [2.24, 2.45) is 11.7 Å². The predicted octanol–water partition coefficient (Wildman–Crippen LogP) is 2.40. The Kier molecular flexibility index (Phi) is 3.27. The third-order valence-electron chi connectivity index (χ3n) is 1.50. The summed E-state index contributed by atoms with van der Waals surface area (Å²) in [5.74, 6) is 0.469. The highest BCUT2D eigenvalue weighted by Gasteiger charge is 2.13. The maximum atomic E-state index is 5.90. The molecule has 1 aromatic rings. The molecule has 2 nitrogen and oxygen atoms in total. The van der Waals surface area contributed by atoms with E-state index in [0.717, 1.165) is 5.01 Å². The summed E-state index contributed by atoms with van der Waals surface area (Å²) in [7, 11) is 0. The van der Waals surface area contributed by atoms with E-state index in [4.69, 9.17) is 5.73 Å². The Hall–Kier alpha value is 0.320. The number of hydrogen-bond acceptors (Lipinski definition) is 3. The molecular formula is C7H11IN2S. The number of halogens is 1. The van der Waals surface area contributed by atoms with Crippen LogP contribution in [0.5, 0.6) is 0 Å². The van der Waals surface area contributed by atoms with Crippen LogP contribution in [0.25, 0.3) is 0 Å². The SMILES string of the molecule is CC(C)C(N)c1ncc(I)s1. The highest BCUT2D eigenvalue weighted by Crippen LogP contribution is 2.24. The van der Waals surface area contributed by atoms with E-state index in [1.165, 1.54) is 2.88 Å². The van der Waals surface area contributed by atoms with E-state index in [9.17, 15) is 0 Å². The van der Waals surface area contributed by atoms with Crippen molar-refractivity contribution in [3.8, 4) is 0 Å². The van der Waals surface area contributed by atoms with Gasteiger partial charge in [0.1, 0.15) is 5.01 Å². The minimum Gasteiger partial charge on any atom is -0.322 e. The zero-order chi connectivity index (χ0) is 8.43. The van der Waals surface area contributed by atoms with Gasteiger partial charge in [0.05, 0.1) is 15.1 Å². The molecule has 0 aliphatic heterocycles. The first-order valence-corrected chi connectivity index (χ1v) is 5.37. The Morgan fingerprint density at radius 2 is 2.27 bits per heavy atom. The van der Waals surface area contributed by atoms with Gasteiger partial charge in [0.15, 0.2) is 0 Å². The summed E-state index contributed by atoms with van der Waals surface area (Å²) in [4.78, 5) is 4.22. The smallest absolute Gasteiger partial charge is 0.111 e. The molecule has 1 rings (SSSR count). The summed E-state index contributed by atoms with van der Waals surface area (Å²) in [6.45, 7) is 4.22. The number of nitrogens with two attached hydrogens (primary N) is 1. The Morgan fingerprint density at radius 1 is 1.64 bits per heavy atom. The maximum Gasteiger partial charge on any atom is 0.111 e. The molecule has 4 heteroatoms. The van der Waals surface area contributed by atoms with Crippen molar-refractivity contribution in [3.05, 3.63) is 14.1 Å². The van der Waals surface area contributed by atoms with E-state index in [-0.39, 0.29) is 6.04 Å². The zero-order valence-corrected chi connectivity index (χ0v) is 9.52. The molecule has 0 amide bonds. The summed E-state index contributed by atoms with van der Waals surface area (Å²) in [5.41, 5.74) is 5.90. The minimum absolute atomic E-state index is 0.100. The van der Waals surface area contributed by atoms with E-state index in [1.807, 2.05) is 6.20 Å². The molecule has 11 heavy (non-hydrogen) atoms. The van der Waals surface area contributed by atoms with E-state index in [1.54, 1.807) is 11.3 Å². The summed E-state index contributed by atoms with van der Waals surface area (Å²) < 4.78 is 1.20. The van der Waals surface area contributed by atoms with Gasteiger partial charge in [0, 0.05) is 0 Å². The largest absolute Gasteiger partial charge is 0.322 e. The molecule has 0 spiro atoms. The molecule has 0 aliphatic rings. The lowest BCUT2D eigenvalue weighted by Gasteiger charge is -2.11. The molecule has 0 radical (unpaired) electrons. The highest BCUT2D eigenvalue weighted by molar-refractivity contribution is 14.1. The van der Waals surface area contributed by atoms with Crippen molar-refractivity contribution in [3.63, 3.8) is 0 Å². The van der Waals surface area contributed by atoms with Gasteiger partial charge in [0.2, 0.25) is 0 Å². The standard InChI is InChI=1S/C7H11IN2S/c1-4(2)6(9)7-10-3-5(8)11-7/h3-4,6H,9H2,1-2H3. The minimum atomic E-state index is 0.100. The summed E-state index contributed by atoms with van der Waals surface area (Å²) in [5, 5.41) is 1.05. The lowest BCUT2D eigenvalue weighted by Crippen LogP contribution is -2.16. The molecule has 2 N–H and O–H groups in total. The van der Waals surface area contributed by atoms with Gasteiger partial charge < -0.3 is 5.73 Å². The second kappa shape index (κ2) is 3.82. The number of rotatable bonds is 2. The van der Waals surface area contributed by atoms with Gasteiger partial charge in [-0.15, -0.1) is 11.3 Å². The Morgan fingerprint density at radius 3 is 2.64 bits per heavy atom. The van der Waals surface area contributed by atoms with Crippen LogP contribution in [0.2, 0.25) is 0 Å². The van der Waals surface area contributed by atoms with Crippen molar-refractivity contribution in [1.82, 2.24) is 4.98 Å². The molecule has 1 atom stereocenters. The fourth-order valence-electron chi connectivity index (χ4n) is 0.706. The second-order valence-electron chi connectivity index (χ2n) is 2.77. The monoisotopic (exact) mass is 282 g/mol. The van der Waals surface area contributed by atoms with Crippen LogP contribution in [0, 0.1) is 8.80 Å². The number of aromatic nitrogens is 1. The van der Waals surface area contributed by atoms with E-state index < -0.39 is 0 Å². The molecule has 0 aromatic carbocycles. The molecule has 62 valence electrons. The first kappa shape index (κ1) is 9.41. The van der Waals surface area contributed by atoms with Crippen molar-refractivity contribution >= 4 is 33.9 Å².